The van der Waals surface area contributed by atoms with Gasteiger partial charge in [0.05, 0.1) is 30.7 Å². The molecule has 8 heteroatoms. The van der Waals surface area contributed by atoms with Crippen molar-refractivity contribution in [2.24, 2.45) is 11.8 Å². The summed E-state index contributed by atoms with van der Waals surface area (Å²) in [6.07, 6.45) is 1.25. The lowest BCUT2D eigenvalue weighted by molar-refractivity contribution is -0.165. The van der Waals surface area contributed by atoms with Crippen molar-refractivity contribution in [1.82, 2.24) is 0 Å². The Morgan fingerprint density at radius 3 is 1.62 bits per heavy atom. The highest BCUT2D eigenvalue weighted by Crippen LogP contribution is 2.49. The van der Waals surface area contributed by atoms with Crippen molar-refractivity contribution in [1.29, 1.82) is 0 Å². The van der Waals surface area contributed by atoms with E-state index in [0.717, 1.165) is 5.56 Å². The highest BCUT2D eigenvalue weighted by atomic mass is 35.5. The number of carbonyl (C=O) groups is 2. The SMILES string of the molecule is CCOC(=O)C1CC(F)(c2ccc(Cl)cc2)C1.CCOC(=O)C1CC(O)(c2ccc(Cl)cc2)C1. The Morgan fingerprint density at radius 1 is 0.824 bits per heavy atom. The van der Waals surface area contributed by atoms with Gasteiger partial charge in [0.2, 0.25) is 0 Å². The van der Waals surface area contributed by atoms with E-state index in [0.29, 0.717) is 41.7 Å². The monoisotopic (exact) mass is 510 g/mol. The number of rotatable bonds is 6. The molecular formula is C26H29Cl2FO5. The Labute approximate surface area is 209 Å². The van der Waals surface area contributed by atoms with Gasteiger partial charge in [-0.15, -0.1) is 0 Å². The molecule has 0 aliphatic heterocycles. The maximum absolute atomic E-state index is 14.4. The molecule has 0 aromatic heterocycles. The van der Waals surface area contributed by atoms with Crippen LogP contribution >= 0.6 is 23.2 Å². The summed E-state index contributed by atoms with van der Waals surface area (Å²) < 4.78 is 24.2. The first-order chi connectivity index (χ1) is 16.1. The molecule has 4 rings (SSSR count). The zero-order chi connectivity index (χ0) is 24.9. The zero-order valence-corrected chi connectivity index (χ0v) is 20.7. The van der Waals surface area contributed by atoms with Crippen LogP contribution < -0.4 is 0 Å². The van der Waals surface area contributed by atoms with Crippen molar-refractivity contribution in [3.8, 4) is 0 Å². The predicted molar refractivity (Wildman–Crippen MR) is 128 cm³/mol. The van der Waals surface area contributed by atoms with Crippen molar-refractivity contribution in [3.63, 3.8) is 0 Å². The molecule has 0 spiro atoms. The van der Waals surface area contributed by atoms with Gasteiger partial charge < -0.3 is 14.6 Å². The fourth-order valence-electron chi connectivity index (χ4n) is 4.31. The van der Waals surface area contributed by atoms with Gasteiger partial charge in [0, 0.05) is 10.0 Å². The van der Waals surface area contributed by atoms with Crippen molar-refractivity contribution in [2.45, 2.75) is 50.8 Å². The first kappa shape index (κ1) is 26.5. The van der Waals surface area contributed by atoms with Crippen LogP contribution in [0.25, 0.3) is 0 Å². The number of aliphatic hydroxyl groups is 1. The molecule has 0 bridgehead atoms. The number of hydrogen-bond donors (Lipinski definition) is 1. The quantitative estimate of drug-likeness (QED) is 0.484. The molecule has 0 saturated heterocycles. The summed E-state index contributed by atoms with van der Waals surface area (Å²) in [5.74, 6) is -1.01. The van der Waals surface area contributed by atoms with Crippen molar-refractivity contribution >= 4 is 35.1 Å². The number of hydrogen-bond acceptors (Lipinski definition) is 5. The highest BCUT2D eigenvalue weighted by molar-refractivity contribution is 6.30. The van der Waals surface area contributed by atoms with E-state index >= 15 is 0 Å². The van der Waals surface area contributed by atoms with Gasteiger partial charge in [-0.25, -0.2) is 4.39 Å². The van der Waals surface area contributed by atoms with Gasteiger partial charge in [-0.1, -0.05) is 47.5 Å². The largest absolute Gasteiger partial charge is 0.466 e. The normalized spacial score (nSPS) is 27.4. The van der Waals surface area contributed by atoms with Gasteiger partial charge in [0.25, 0.3) is 0 Å². The summed E-state index contributed by atoms with van der Waals surface area (Å²) in [7, 11) is 0. The van der Waals surface area contributed by atoms with Crippen LogP contribution in [0, 0.1) is 11.8 Å². The summed E-state index contributed by atoms with van der Waals surface area (Å²) in [4.78, 5) is 22.8. The lowest BCUT2D eigenvalue weighted by atomic mass is 9.67. The average molecular weight is 511 g/mol. The first-order valence-corrected chi connectivity index (χ1v) is 12.1. The van der Waals surface area contributed by atoms with E-state index in [-0.39, 0.29) is 36.6 Å². The van der Waals surface area contributed by atoms with Gasteiger partial charge >= 0.3 is 11.9 Å². The Bertz CT molecular complexity index is 900. The van der Waals surface area contributed by atoms with E-state index in [1.165, 1.54) is 0 Å². The Balaban J connectivity index is 0.000000191. The van der Waals surface area contributed by atoms with Gasteiger partial charge in [-0.05, 0) is 74.9 Å². The van der Waals surface area contributed by atoms with Crippen LogP contribution in [0.4, 0.5) is 4.39 Å². The van der Waals surface area contributed by atoms with Crippen molar-refractivity contribution in [2.75, 3.05) is 13.2 Å². The Kier molecular flexibility index (Phi) is 8.61. The summed E-state index contributed by atoms with van der Waals surface area (Å²) in [5, 5.41) is 11.5. The van der Waals surface area contributed by atoms with E-state index in [2.05, 4.69) is 0 Å². The highest BCUT2D eigenvalue weighted by Gasteiger charge is 2.50. The fourth-order valence-corrected chi connectivity index (χ4v) is 4.56. The van der Waals surface area contributed by atoms with Crippen LogP contribution in [0.15, 0.2) is 48.5 Å². The third-order valence-corrected chi connectivity index (χ3v) is 6.80. The van der Waals surface area contributed by atoms with Crippen LogP contribution in [0.2, 0.25) is 10.0 Å². The Hall–Kier alpha value is -2.15. The fraction of sp³-hybridized carbons (Fsp3) is 0.462. The molecule has 0 atom stereocenters. The molecule has 2 aromatic rings. The van der Waals surface area contributed by atoms with Crippen molar-refractivity contribution in [3.05, 3.63) is 69.7 Å². The van der Waals surface area contributed by atoms with Crippen LogP contribution in [-0.4, -0.2) is 30.3 Å². The Morgan fingerprint density at radius 2 is 1.21 bits per heavy atom. The number of benzene rings is 2. The summed E-state index contributed by atoms with van der Waals surface area (Å²) in [6, 6.07) is 13.7. The molecule has 34 heavy (non-hydrogen) atoms. The molecule has 1 N–H and O–H groups in total. The summed E-state index contributed by atoms with van der Waals surface area (Å²) in [6.45, 7) is 4.25. The van der Waals surface area contributed by atoms with Crippen LogP contribution in [-0.2, 0) is 30.3 Å². The second kappa shape index (κ2) is 11.1. The number of halogens is 3. The predicted octanol–water partition coefficient (Wildman–Crippen LogP) is 5.98. The van der Waals surface area contributed by atoms with Crippen molar-refractivity contribution < 1.29 is 28.6 Å². The smallest absolute Gasteiger partial charge is 0.309 e. The van der Waals surface area contributed by atoms with E-state index in [1.54, 1.807) is 62.4 Å². The second-order valence-electron chi connectivity index (χ2n) is 8.73. The molecule has 2 fully saturated rings. The maximum Gasteiger partial charge on any atom is 0.309 e. The molecule has 0 amide bonds. The zero-order valence-electron chi connectivity index (χ0n) is 19.2. The van der Waals surface area contributed by atoms with E-state index in [9.17, 15) is 19.1 Å². The van der Waals surface area contributed by atoms with E-state index in [4.69, 9.17) is 32.7 Å². The molecule has 2 saturated carbocycles. The average Bonchev–Trinajstić information content (AvgIpc) is 2.76. The maximum atomic E-state index is 14.4. The standard InChI is InChI=1S/C13H14ClFO2.C13H15ClO3/c1-2-17-12(16)9-7-13(15,8-9)10-3-5-11(14)6-4-10;1-2-17-12(15)9-7-13(16,8-9)10-3-5-11(14)6-4-10/h3-6,9H,2,7-8H2,1H3;3-6,9,16H,2,7-8H2,1H3. The topological polar surface area (TPSA) is 72.8 Å². The minimum absolute atomic E-state index is 0.185. The number of esters is 2. The second-order valence-corrected chi connectivity index (χ2v) is 9.60. The molecule has 0 unspecified atom stereocenters. The van der Waals surface area contributed by atoms with E-state index < -0.39 is 11.3 Å². The van der Waals surface area contributed by atoms with Crippen LogP contribution in [0.1, 0.15) is 50.7 Å². The minimum atomic E-state index is -1.40. The van der Waals surface area contributed by atoms with Gasteiger partial charge in [0.15, 0.2) is 0 Å². The van der Waals surface area contributed by atoms with Gasteiger partial charge in [0.1, 0.15) is 5.67 Å². The molecule has 2 aromatic carbocycles. The van der Waals surface area contributed by atoms with Crippen LogP contribution in [0.3, 0.4) is 0 Å². The summed E-state index contributed by atoms with van der Waals surface area (Å²) in [5.41, 5.74) is -0.908. The third-order valence-electron chi connectivity index (χ3n) is 6.29. The van der Waals surface area contributed by atoms with Gasteiger partial charge in [-0.2, -0.15) is 0 Å². The molecule has 184 valence electrons. The lowest BCUT2D eigenvalue weighted by Crippen LogP contribution is -2.45. The summed E-state index contributed by atoms with van der Waals surface area (Å²) >= 11 is 11.5. The lowest BCUT2D eigenvalue weighted by Gasteiger charge is -2.42. The molecule has 5 nitrogen and oxygen atoms in total. The minimum Gasteiger partial charge on any atom is -0.466 e. The van der Waals surface area contributed by atoms with Crippen LogP contribution in [0.5, 0.6) is 0 Å². The molecular weight excluding hydrogens is 482 g/mol. The number of carbonyl (C=O) groups excluding carboxylic acids is 2. The molecule has 2 aliphatic carbocycles. The molecule has 0 radical (unpaired) electrons. The first-order valence-electron chi connectivity index (χ1n) is 11.4. The van der Waals surface area contributed by atoms with E-state index in [1.807, 2.05) is 0 Å². The number of ether oxygens (including phenoxy) is 2. The van der Waals surface area contributed by atoms with Gasteiger partial charge in [-0.3, -0.25) is 9.59 Å². The third kappa shape index (κ3) is 6.09. The molecule has 0 heterocycles. The molecule has 2 aliphatic rings. The number of alkyl halides is 1.